The molecule has 0 aromatic rings. The van der Waals surface area contributed by atoms with Crippen LogP contribution in [0.15, 0.2) is 0 Å². The van der Waals surface area contributed by atoms with Crippen LogP contribution in [0.3, 0.4) is 0 Å². The first-order valence-corrected chi connectivity index (χ1v) is 10.9. The van der Waals surface area contributed by atoms with Crippen molar-refractivity contribution in [3.05, 3.63) is 0 Å². The SMILES string of the molecule is CC(C)CC(NC(=O)C(CC(N)=O)NC(=O)C(N)CCCCN)C(=O)NC(CC(N)=O)C(=O)O. The minimum Gasteiger partial charge on any atom is -0.480 e. The molecule has 0 saturated heterocycles. The Balaban J connectivity index is 5.46. The van der Waals surface area contributed by atoms with Gasteiger partial charge in [-0.2, -0.15) is 0 Å². The van der Waals surface area contributed by atoms with Gasteiger partial charge < -0.3 is 44.0 Å². The fourth-order valence-electron chi connectivity index (χ4n) is 2.98. The number of unbranched alkanes of at least 4 members (excludes halogenated alkanes) is 1. The Morgan fingerprint density at radius 2 is 1.24 bits per heavy atom. The number of primary amides is 2. The highest BCUT2D eigenvalue weighted by atomic mass is 16.4. The second-order valence-corrected chi connectivity index (χ2v) is 8.38. The van der Waals surface area contributed by atoms with E-state index >= 15 is 0 Å². The minimum atomic E-state index is -1.59. The highest BCUT2D eigenvalue weighted by Gasteiger charge is 2.31. The topological polar surface area (TPSA) is 263 Å². The lowest BCUT2D eigenvalue weighted by molar-refractivity contribution is -0.144. The largest absolute Gasteiger partial charge is 0.480 e. The van der Waals surface area contributed by atoms with Crippen LogP contribution in [0.5, 0.6) is 0 Å². The van der Waals surface area contributed by atoms with Gasteiger partial charge in [0.1, 0.15) is 18.1 Å². The zero-order chi connectivity index (χ0) is 26.4. The van der Waals surface area contributed by atoms with Crippen LogP contribution in [0, 0.1) is 5.92 Å². The molecule has 0 saturated carbocycles. The Morgan fingerprint density at radius 1 is 0.765 bits per heavy atom. The number of carboxylic acid groups (broad SMARTS) is 1. The summed E-state index contributed by atoms with van der Waals surface area (Å²) in [5.41, 5.74) is 21.4. The van der Waals surface area contributed by atoms with Crippen LogP contribution in [-0.4, -0.2) is 71.3 Å². The fourth-order valence-corrected chi connectivity index (χ4v) is 2.98. The van der Waals surface area contributed by atoms with Gasteiger partial charge in [0.05, 0.1) is 18.9 Å². The molecule has 0 aliphatic rings. The number of amides is 5. The molecule has 0 spiro atoms. The number of aliphatic carboxylic acids is 1. The van der Waals surface area contributed by atoms with Crippen molar-refractivity contribution in [3.8, 4) is 0 Å². The molecule has 14 nitrogen and oxygen atoms in total. The van der Waals surface area contributed by atoms with E-state index in [1.54, 1.807) is 13.8 Å². The molecular weight excluding hydrogens is 450 g/mol. The molecule has 5 amide bonds. The molecular formula is C20H37N7O7. The minimum absolute atomic E-state index is 0.0936. The van der Waals surface area contributed by atoms with Gasteiger partial charge in [-0.05, 0) is 31.7 Å². The van der Waals surface area contributed by atoms with Gasteiger partial charge in [-0.15, -0.1) is 0 Å². The summed E-state index contributed by atoms with van der Waals surface area (Å²) in [4.78, 5) is 71.7. The van der Waals surface area contributed by atoms with Crippen LogP contribution in [0.25, 0.3) is 0 Å². The summed E-state index contributed by atoms with van der Waals surface area (Å²) in [7, 11) is 0. The van der Waals surface area contributed by atoms with Crippen molar-refractivity contribution in [2.75, 3.05) is 6.54 Å². The molecule has 0 heterocycles. The second-order valence-electron chi connectivity index (χ2n) is 8.38. The molecule has 0 fully saturated rings. The number of carbonyl (C=O) groups is 6. The van der Waals surface area contributed by atoms with Crippen molar-refractivity contribution in [2.24, 2.45) is 28.9 Å². The lowest BCUT2D eigenvalue weighted by Gasteiger charge is -2.25. The van der Waals surface area contributed by atoms with Crippen LogP contribution in [-0.2, 0) is 28.8 Å². The monoisotopic (exact) mass is 487 g/mol. The van der Waals surface area contributed by atoms with Crippen LogP contribution in [0.4, 0.5) is 0 Å². The molecule has 0 aliphatic carbocycles. The standard InChI is InChI=1S/C20H37N7O7/c1-10(2)7-12(18(31)27-14(20(33)34)9-16(24)29)26-19(32)13(8-15(23)28)25-17(30)11(22)5-3-4-6-21/h10-14H,3-9,21-22H2,1-2H3,(H2,23,28)(H2,24,29)(H,25,30)(H,26,32)(H,27,31)(H,33,34). The molecule has 0 aromatic carbocycles. The number of hydrogen-bond donors (Lipinski definition) is 8. The molecule has 0 rings (SSSR count). The maximum Gasteiger partial charge on any atom is 0.326 e. The Morgan fingerprint density at radius 3 is 1.71 bits per heavy atom. The summed E-state index contributed by atoms with van der Waals surface area (Å²) >= 11 is 0. The molecule has 0 aliphatic heterocycles. The Hall–Kier alpha value is -3.26. The van der Waals surface area contributed by atoms with Gasteiger partial charge in [0.25, 0.3) is 0 Å². The first kappa shape index (κ1) is 30.7. The highest BCUT2D eigenvalue weighted by Crippen LogP contribution is 2.08. The van der Waals surface area contributed by atoms with Crippen molar-refractivity contribution < 1.29 is 33.9 Å². The third-order valence-corrected chi connectivity index (χ3v) is 4.70. The van der Waals surface area contributed by atoms with Gasteiger partial charge in [0.2, 0.25) is 29.5 Å². The smallest absolute Gasteiger partial charge is 0.326 e. The molecule has 4 atom stereocenters. The highest BCUT2D eigenvalue weighted by molar-refractivity contribution is 5.96. The van der Waals surface area contributed by atoms with Crippen molar-refractivity contribution in [1.82, 2.24) is 16.0 Å². The molecule has 0 aromatic heterocycles. The van der Waals surface area contributed by atoms with E-state index in [1.807, 2.05) is 0 Å². The molecule has 14 heteroatoms. The number of rotatable bonds is 17. The third kappa shape index (κ3) is 12.7. The Labute approximate surface area is 197 Å². The van der Waals surface area contributed by atoms with E-state index < -0.39 is 72.5 Å². The van der Waals surface area contributed by atoms with E-state index in [9.17, 15) is 33.9 Å². The molecule has 0 radical (unpaired) electrons. The van der Waals surface area contributed by atoms with E-state index in [1.165, 1.54) is 0 Å². The van der Waals surface area contributed by atoms with Gasteiger partial charge in [0, 0.05) is 0 Å². The maximum absolute atomic E-state index is 12.8. The molecule has 0 bridgehead atoms. The van der Waals surface area contributed by atoms with Crippen LogP contribution in [0.2, 0.25) is 0 Å². The van der Waals surface area contributed by atoms with E-state index in [0.717, 1.165) is 0 Å². The number of carbonyl (C=O) groups excluding carboxylic acids is 5. The fraction of sp³-hybridized carbons (Fsp3) is 0.700. The van der Waals surface area contributed by atoms with Crippen molar-refractivity contribution in [2.45, 2.75) is 76.5 Å². The summed E-state index contributed by atoms with van der Waals surface area (Å²) < 4.78 is 0. The van der Waals surface area contributed by atoms with Crippen LogP contribution < -0.4 is 38.9 Å². The summed E-state index contributed by atoms with van der Waals surface area (Å²) in [5.74, 6) is -5.86. The van der Waals surface area contributed by atoms with Gasteiger partial charge in [-0.3, -0.25) is 24.0 Å². The van der Waals surface area contributed by atoms with E-state index in [0.29, 0.717) is 25.8 Å². The first-order valence-electron chi connectivity index (χ1n) is 10.9. The predicted octanol–water partition coefficient (Wildman–Crippen LogP) is -3.22. The average Bonchev–Trinajstić information content (AvgIpc) is 2.71. The maximum atomic E-state index is 12.8. The van der Waals surface area contributed by atoms with Crippen molar-refractivity contribution in [3.63, 3.8) is 0 Å². The zero-order valence-corrected chi connectivity index (χ0v) is 19.5. The van der Waals surface area contributed by atoms with Gasteiger partial charge in [0.15, 0.2) is 0 Å². The first-order chi connectivity index (χ1) is 15.8. The second kappa shape index (κ2) is 15.6. The third-order valence-electron chi connectivity index (χ3n) is 4.70. The normalized spacial score (nSPS) is 14.4. The molecule has 194 valence electrons. The quantitative estimate of drug-likeness (QED) is 0.0957. The van der Waals surface area contributed by atoms with Crippen LogP contribution in [0.1, 0.15) is 52.4 Å². The van der Waals surface area contributed by atoms with Gasteiger partial charge >= 0.3 is 5.97 Å². The van der Waals surface area contributed by atoms with E-state index in [2.05, 4.69) is 16.0 Å². The Kier molecular flexibility index (Phi) is 14.1. The van der Waals surface area contributed by atoms with Crippen molar-refractivity contribution >= 4 is 35.5 Å². The molecule has 4 unspecified atom stereocenters. The molecule has 12 N–H and O–H groups in total. The summed E-state index contributed by atoms with van der Waals surface area (Å²) in [6, 6.07) is -5.18. The molecule has 34 heavy (non-hydrogen) atoms. The summed E-state index contributed by atoms with van der Waals surface area (Å²) in [6.45, 7) is 3.95. The number of carboxylic acids is 1. The Bertz CT molecular complexity index is 745. The van der Waals surface area contributed by atoms with Gasteiger partial charge in [-0.1, -0.05) is 20.3 Å². The zero-order valence-electron chi connectivity index (χ0n) is 19.5. The van der Waals surface area contributed by atoms with E-state index in [4.69, 9.17) is 22.9 Å². The number of nitrogens with one attached hydrogen (secondary N) is 3. The van der Waals surface area contributed by atoms with Crippen molar-refractivity contribution in [1.29, 1.82) is 0 Å². The van der Waals surface area contributed by atoms with Gasteiger partial charge in [-0.25, -0.2) is 4.79 Å². The predicted molar refractivity (Wildman–Crippen MR) is 121 cm³/mol. The van der Waals surface area contributed by atoms with Crippen LogP contribution >= 0.6 is 0 Å². The number of hydrogen-bond acceptors (Lipinski definition) is 8. The van der Waals surface area contributed by atoms with E-state index in [-0.39, 0.29) is 12.3 Å². The number of nitrogens with two attached hydrogens (primary N) is 4. The summed E-state index contributed by atoms with van der Waals surface area (Å²) in [6.07, 6.45) is 0.448. The lowest BCUT2D eigenvalue weighted by atomic mass is 10.0. The lowest BCUT2D eigenvalue weighted by Crippen LogP contribution is -2.58. The summed E-state index contributed by atoms with van der Waals surface area (Å²) in [5, 5.41) is 16.1. The average molecular weight is 488 g/mol.